The van der Waals surface area contributed by atoms with E-state index in [1.54, 1.807) is 21.1 Å². The van der Waals surface area contributed by atoms with Crippen molar-refractivity contribution in [1.82, 2.24) is 4.90 Å². The predicted octanol–water partition coefficient (Wildman–Crippen LogP) is 1.24. The van der Waals surface area contributed by atoms with E-state index in [4.69, 9.17) is 10.2 Å². The minimum atomic E-state index is -4.22. The maximum Gasteiger partial charge on any atom is 0.281 e. The molecule has 0 aromatic carbocycles. The van der Waals surface area contributed by atoms with Gasteiger partial charge in [0.1, 0.15) is 11.9 Å². The third kappa shape index (κ3) is 22.4. The van der Waals surface area contributed by atoms with Crippen molar-refractivity contribution >= 4 is 16.1 Å². The number of nitrogens with zero attached hydrogens (tertiary/aromatic N) is 2. The maximum atomic E-state index is 11.6. The first kappa shape index (κ1) is 33.4. The van der Waals surface area contributed by atoms with Gasteiger partial charge >= 0.3 is 0 Å². The number of quaternary nitrogens is 1. The maximum absolute atomic E-state index is 11.6. The number of carboxylic acid groups (broad SMARTS) is 1. The molecule has 194 valence electrons. The summed E-state index contributed by atoms with van der Waals surface area (Å²) >= 11 is 0. The Morgan fingerprint density at radius 3 is 1.56 bits per heavy atom. The molecule has 0 spiro atoms. The number of hydrogen-bond donors (Lipinski definition) is 3. The molecule has 0 aliphatic rings. The Bertz CT molecular complexity index is 545. The fourth-order valence-corrected chi connectivity index (χ4v) is 4.42. The highest BCUT2D eigenvalue weighted by atomic mass is 32.2. The molecule has 0 fully saturated rings. The Balaban J connectivity index is 0. The summed E-state index contributed by atoms with van der Waals surface area (Å²) in [4.78, 5) is 11.3. The molecule has 10 heteroatoms. The monoisotopic (exact) mass is 484 g/mol. The van der Waals surface area contributed by atoms with Gasteiger partial charge in [-0.3, -0.25) is 9.45 Å². The van der Waals surface area contributed by atoms with Crippen molar-refractivity contribution in [1.29, 1.82) is 0 Å². The SMILES string of the molecule is CCCCCCCCCCCCC(N(CCO)CCO)S(=O)(=O)O.C[N+](C)(C)CC(=O)[O-]. The average molecular weight is 485 g/mol. The summed E-state index contributed by atoms with van der Waals surface area (Å²) in [5.74, 6) is -1.00. The molecular formula is C22H48N2O7S. The predicted molar refractivity (Wildman–Crippen MR) is 125 cm³/mol. The molecule has 0 rings (SSSR count). The van der Waals surface area contributed by atoms with E-state index in [0.29, 0.717) is 17.3 Å². The molecule has 0 aromatic heterocycles. The quantitative estimate of drug-likeness (QED) is 0.141. The largest absolute Gasteiger partial charge is 0.544 e. The van der Waals surface area contributed by atoms with Crippen molar-refractivity contribution in [2.45, 2.75) is 82.9 Å². The van der Waals surface area contributed by atoms with Crippen LogP contribution in [0.15, 0.2) is 0 Å². The number of aliphatic carboxylic acids is 1. The van der Waals surface area contributed by atoms with Crippen LogP contribution in [0.1, 0.15) is 77.6 Å². The molecule has 9 nitrogen and oxygen atoms in total. The number of aliphatic hydroxyl groups is 2. The summed E-state index contributed by atoms with van der Waals surface area (Å²) in [6, 6.07) is 0. The van der Waals surface area contributed by atoms with Gasteiger partial charge in [-0.25, -0.2) is 0 Å². The van der Waals surface area contributed by atoms with Crippen molar-refractivity contribution in [3.8, 4) is 0 Å². The van der Waals surface area contributed by atoms with E-state index in [2.05, 4.69) is 6.92 Å². The minimum Gasteiger partial charge on any atom is -0.544 e. The van der Waals surface area contributed by atoms with Gasteiger partial charge in [0.2, 0.25) is 0 Å². The summed E-state index contributed by atoms with van der Waals surface area (Å²) in [5, 5.41) is 26.9. The average Bonchev–Trinajstić information content (AvgIpc) is 2.63. The van der Waals surface area contributed by atoms with Crippen LogP contribution in [0.2, 0.25) is 0 Å². The van der Waals surface area contributed by atoms with Crippen molar-refractivity contribution in [3.63, 3.8) is 0 Å². The van der Waals surface area contributed by atoms with Crippen LogP contribution in [-0.2, 0) is 14.9 Å². The Morgan fingerprint density at radius 2 is 1.28 bits per heavy atom. The molecule has 0 heterocycles. The molecule has 0 radical (unpaired) electrons. The number of carbonyl (C=O) groups excluding carboxylic acids is 1. The second-order valence-electron chi connectivity index (χ2n) is 9.24. The van der Waals surface area contributed by atoms with Crippen molar-refractivity contribution in [3.05, 3.63) is 0 Å². The highest BCUT2D eigenvalue weighted by Gasteiger charge is 2.28. The van der Waals surface area contributed by atoms with Crippen LogP contribution in [0.5, 0.6) is 0 Å². The Hall–Kier alpha value is -0.780. The molecule has 0 bridgehead atoms. The van der Waals surface area contributed by atoms with Crippen molar-refractivity contribution in [2.24, 2.45) is 0 Å². The minimum absolute atomic E-state index is 0.0694. The third-order valence-electron chi connectivity index (χ3n) is 4.93. The van der Waals surface area contributed by atoms with Gasteiger partial charge in [-0.1, -0.05) is 71.1 Å². The molecule has 0 aliphatic heterocycles. The lowest BCUT2D eigenvalue weighted by Crippen LogP contribution is -2.45. The summed E-state index contributed by atoms with van der Waals surface area (Å²) in [7, 11) is 1.19. The van der Waals surface area contributed by atoms with Crippen LogP contribution >= 0.6 is 0 Å². The van der Waals surface area contributed by atoms with Crippen molar-refractivity contribution < 1.29 is 37.6 Å². The van der Waals surface area contributed by atoms with Crippen LogP contribution < -0.4 is 5.11 Å². The van der Waals surface area contributed by atoms with E-state index in [0.717, 1.165) is 12.8 Å². The summed E-state index contributed by atoms with van der Waals surface area (Å²) in [5.41, 5.74) is 0. The van der Waals surface area contributed by atoms with Gasteiger partial charge in [-0.05, 0) is 6.42 Å². The van der Waals surface area contributed by atoms with Crippen LogP contribution in [0.25, 0.3) is 0 Å². The first-order chi connectivity index (χ1) is 14.9. The number of hydrogen-bond acceptors (Lipinski definition) is 7. The highest BCUT2D eigenvalue weighted by Crippen LogP contribution is 2.17. The first-order valence-corrected chi connectivity index (χ1v) is 13.3. The van der Waals surface area contributed by atoms with Gasteiger partial charge in [-0.2, -0.15) is 8.42 Å². The Morgan fingerprint density at radius 1 is 0.875 bits per heavy atom. The standard InChI is InChI=1S/C17H37NO5S.C5H11NO2/c1-2-3-4-5-6-7-8-9-10-11-12-17(24(21,22)23)18(13-15-19)14-16-20;1-6(2,3)4-5(7)8/h17,19-20H,2-16H2,1H3,(H,21,22,23);4H2,1-3H3. The topological polar surface area (TPSA) is 138 Å². The molecule has 0 saturated heterocycles. The summed E-state index contributed by atoms with van der Waals surface area (Å²) in [6.45, 7) is 2.13. The number of aliphatic hydroxyl groups excluding tert-OH is 2. The number of likely N-dealkylation sites (N-methyl/N-ethyl adjacent to an activating group) is 1. The lowest BCUT2D eigenvalue weighted by Gasteiger charge is -2.28. The van der Waals surface area contributed by atoms with E-state index < -0.39 is 21.5 Å². The smallest absolute Gasteiger partial charge is 0.281 e. The number of rotatable bonds is 19. The lowest BCUT2D eigenvalue weighted by molar-refractivity contribution is -0.864. The molecule has 0 amide bonds. The zero-order chi connectivity index (χ0) is 25.0. The highest BCUT2D eigenvalue weighted by molar-refractivity contribution is 7.86. The van der Waals surface area contributed by atoms with E-state index in [-0.39, 0.29) is 32.8 Å². The summed E-state index contributed by atoms with van der Waals surface area (Å²) in [6.07, 6.45) is 11.9. The van der Waals surface area contributed by atoms with Gasteiger partial charge in [0.15, 0.2) is 0 Å². The van der Waals surface area contributed by atoms with E-state index >= 15 is 0 Å². The number of unbranched alkanes of at least 4 members (excludes halogenated alkanes) is 9. The lowest BCUT2D eigenvalue weighted by atomic mass is 10.1. The first-order valence-electron chi connectivity index (χ1n) is 11.8. The summed E-state index contributed by atoms with van der Waals surface area (Å²) < 4.78 is 33.0. The van der Waals surface area contributed by atoms with Crippen LogP contribution in [0.3, 0.4) is 0 Å². The fraction of sp³-hybridized carbons (Fsp3) is 0.955. The molecule has 1 unspecified atom stereocenters. The van der Waals surface area contributed by atoms with Gasteiger partial charge < -0.3 is 24.6 Å². The van der Waals surface area contributed by atoms with E-state index in [9.17, 15) is 22.9 Å². The second kappa shape index (κ2) is 19.7. The van der Waals surface area contributed by atoms with E-state index in [1.165, 1.54) is 49.8 Å². The van der Waals surface area contributed by atoms with Gasteiger partial charge in [0, 0.05) is 13.1 Å². The molecule has 1 atom stereocenters. The molecule has 0 aromatic rings. The molecule has 3 N–H and O–H groups in total. The van der Waals surface area contributed by atoms with Gasteiger partial charge in [-0.15, -0.1) is 0 Å². The fourth-order valence-electron chi connectivity index (χ4n) is 3.37. The third-order valence-corrected chi connectivity index (χ3v) is 6.16. The zero-order valence-electron chi connectivity index (χ0n) is 20.7. The molecule has 32 heavy (non-hydrogen) atoms. The Kier molecular flexibility index (Phi) is 20.5. The van der Waals surface area contributed by atoms with Crippen molar-refractivity contribution in [2.75, 3.05) is 54.0 Å². The number of carbonyl (C=O) groups is 1. The molecular weight excluding hydrogens is 436 g/mol. The second-order valence-corrected chi connectivity index (χ2v) is 10.8. The van der Waals surface area contributed by atoms with Crippen LogP contribution in [-0.4, -0.2) is 97.9 Å². The molecule has 0 aliphatic carbocycles. The zero-order valence-corrected chi connectivity index (χ0v) is 21.5. The Labute approximate surface area is 195 Å². The van der Waals surface area contributed by atoms with E-state index in [1.807, 2.05) is 0 Å². The van der Waals surface area contributed by atoms with Gasteiger partial charge in [0.05, 0.1) is 40.3 Å². The molecule has 0 saturated carbocycles. The van der Waals surface area contributed by atoms with Crippen LogP contribution in [0.4, 0.5) is 0 Å². The number of carboxylic acids is 1. The normalized spacial score (nSPS) is 13.0. The van der Waals surface area contributed by atoms with Crippen LogP contribution in [0, 0.1) is 0 Å². The van der Waals surface area contributed by atoms with Gasteiger partial charge in [0.25, 0.3) is 10.1 Å².